The van der Waals surface area contributed by atoms with Gasteiger partial charge in [-0.1, -0.05) is 11.3 Å². The normalized spacial score (nSPS) is 19.4. The Labute approximate surface area is 119 Å². The quantitative estimate of drug-likeness (QED) is 0.851. The zero-order valence-corrected chi connectivity index (χ0v) is 11.6. The largest absolute Gasteiger partial charge is 0.394 e. The Balaban J connectivity index is 1.90. The van der Waals surface area contributed by atoms with Crippen LogP contribution in [-0.4, -0.2) is 53.3 Å². The lowest BCUT2D eigenvalue weighted by Crippen LogP contribution is -2.50. The van der Waals surface area contributed by atoms with E-state index in [2.05, 4.69) is 4.98 Å². The maximum absolute atomic E-state index is 12.5. The number of benzene rings is 1. The second kappa shape index (κ2) is 5.35. The summed E-state index contributed by atoms with van der Waals surface area (Å²) in [6.07, 6.45) is 0. The van der Waals surface area contributed by atoms with Crippen LogP contribution in [0, 0.1) is 0 Å². The number of aliphatic hydroxyl groups excluding tert-OH is 1. The lowest BCUT2D eigenvalue weighted by atomic mass is 10.1. The number of morpholine rings is 1. The first-order chi connectivity index (χ1) is 9.69. The van der Waals surface area contributed by atoms with Gasteiger partial charge in [0.1, 0.15) is 0 Å². The molecular formula is C13H15N3O3S. The molecule has 1 unspecified atom stereocenters. The summed E-state index contributed by atoms with van der Waals surface area (Å²) in [6, 6.07) is 5.06. The number of carbonyl (C=O) groups excluding carboxylic acids is 1. The predicted molar refractivity (Wildman–Crippen MR) is 76.8 cm³/mol. The summed E-state index contributed by atoms with van der Waals surface area (Å²) >= 11 is 1.36. The van der Waals surface area contributed by atoms with Crippen molar-refractivity contribution in [1.29, 1.82) is 0 Å². The van der Waals surface area contributed by atoms with Gasteiger partial charge in [0.15, 0.2) is 5.13 Å². The summed E-state index contributed by atoms with van der Waals surface area (Å²) in [7, 11) is 0. The number of aromatic nitrogens is 1. The van der Waals surface area contributed by atoms with Crippen LogP contribution in [0.2, 0.25) is 0 Å². The molecule has 1 aliphatic rings. The molecule has 1 aliphatic heterocycles. The Morgan fingerprint density at radius 3 is 3.25 bits per heavy atom. The molecule has 0 radical (unpaired) electrons. The van der Waals surface area contributed by atoms with Gasteiger partial charge in [-0.25, -0.2) is 4.98 Å². The molecule has 0 bridgehead atoms. The van der Waals surface area contributed by atoms with Gasteiger partial charge in [-0.2, -0.15) is 0 Å². The second-order valence-corrected chi connectivity index (χ2v) is 5.71. The van der Waals surface area contributed by atoms with E-state index in [1.807, 2.05) is 0 Å². The number of nitrogens with two attached hydrogens (primary N) is 1. The van der Waals surface area contributed by atoms with Crippen molar-refractivity contribution in [3.05, 3.63) is 23.8 Å². The Morgan fingerprint density at radius 2 is 2.45 bits per heavy atom. The number of hydrogen-bond acceptors (Lipinski definition) is 6. The van der Waals surface area contributed by atoms with Crippen LogP contribution in [0.15, 0.2) is 18.2 Å². The van der Waals surface area contributed by atoms with Crippen LogP contribution in [0.5, 0.6) is 0 Å². The van der Waals surface area contributed by atoms with E-state index in [-0.39, 0.29) is 18.6 Å². The standard InChI is InChI=1S/C13H15N3O3S/c14-13-15-10-2-1-8(5-11(10)20-13)12(18)16-3-4-19-7-9(16)6-17/h1-2,5,9,17H,3-4,6-7H2,(H2,14,15). The summed E-state index contributed by atoms with van der Waals surface area (Å²) in [5.74, 6) is -0.0961. The Bertz CT molecular complexity index is 643. The fourth-order valence-corrected chi connectivity index (χ4v) is 3.09. The number of nitrogen functional groups attached to an aromatic ring is 1. The van der Waals surface area contributed by atoms with Crippen molar-refractivity contribution in [2.75, 3.05) is 32.1 Å². The molecule has 6 nitrogen and oxygen atoms in total. The maximum atomic E-state index is 12.5. The van der Waals surface area contributed by atoms with Crippen LogP contribution in [0.4, 0.5) is 5.13 Å². The zero-order valence-electron chi connectivity index (χ0n) is 10.8. The van der Waals surface area contributed by atoms with Gasteiger partial charge in [-0.05, 0) is 18.2 Å². The van der Waals surface area contributed by atoms with Crippen molar-refractivity contribution in [1.82, 2.24) is 9.88 Å². The fraction of sp³-hybridized carbons (Fsp3) is 0.385. The van der Waals surface area contributed by atoms with Gasteiger partial charge in [-0.15, -0.1) is 0 Å². The van der Waals surface area contributed by atoms with E-state index in [9.17, 15) is 9.90 Å². The average Bonchev–Trinajstić information content (AvgIpc) is 2.85. The highest BCUT2D eigenvalue weighted by molar-refractivity contribution is 7.22. The monoisotopic (exact) mass is 293 g/mol. The van der Waals surface area contributed by atoms with Crippen molar-refractivity contribution in [3.63, 3.8) is 0 Å². The Kier molecular flexibility index (Phi) is 3.56. The van der Waals surface area contributed by atoms with Crippen molar-refractivity contribution in [2.45, 2.75) is 6.04 Å². The Morgan fingerprint density at radius 1 is 1.60 bits per heavy atom. The molecule has 2 aromatic rings. The minimum absolute atomic E-state index is 0.0957. The average molecular weight is 293 g/mol. The molecule has 3 rings (SSSR count). The van der Waals surface area contributed by atoms with Crippen LogP contribution >= 0.6 is 11.3 Å². The van der Waals surface area contributed by atoms with Gasteiger partial charge < -0.3 is 20.5 Å². The molecule has 0 aliphatic carbocycles. The number of anilines is 1. The molecule has 0 spiro atoms. The van der Waals surface area contributed by atoms with E-state index in [0.29, 0.717) is 30.5 Å². The van der Waals surface area contributed by atoms with Crippen LogP contribution in [0.25, 0.3) is 10.2 Å². The zero-order chi connectivity index (χ0) is 14.1. The first kappa shape index (κ1) is 13.3. The minimum Gasteiger partial charge on any atom is -0.394 e. The summed E-state index contributed by atoms with van der Waals surface area (Å²) in [6.45, 7) is 1.27. The van der Waals surface area contributed by atoms with Crippen molar-refractivity contribution >= 4 is 32.6 Å². The molecule has 20 heavy (non-hydrogen) atoms. The molecule has 1 amide bonds. The molecule has 1 aromatic carbocycles. The highest BCUT2D eigenvalue weighted by Crippen LogP contribution is 2.25. The van der Waals surface area contributed by atoms with Crippen LogP contribution in [-0.2, 0) is 4.74 Å². The van der Waals surface area contributed by atoms with Crippen LogP contribution in [0.3, 0.4) is 0 Å². The van der Waals surface area contributed by atoms with Gasteiger partial charge in [0, 0.05) is 12.1 Å². The number of hydrogen-bond donors (Lipinski definition) is 2. The third-order valence-electron chi connectivity index (χ3n) is 3.35. The maximum Gasteiger partial charge on any atom is 0.254 e. The highest BCUT2D eigenvalue weighted by Gasteiger charge is 2.27. The molecule has 3 N–H and O–H groups in total. The predicted octanol–water partition coefficient (Wildman–Crippen LogP) is 0.712. The van der Waals surface area contributed by atoms with E-state index < -0.39 is 0 Å². The smallest absolute Gasteiger partial charge is 0.254 e. The number of nitrogens with zero attached hydrogens (tertiary/aromatic N) is 2. The molecular weight excluding hydrogens is 278 g/mol. The van der Waals surface area contributed by atoms with E-state index in [0.717, 1.165) is 10.2 Å². The third kappa shape index (κ3) is 2.35. The SMILES string of the molecule is Nc1nc2ccc(C(=O)N3CCOCC3CO)cc2s1. The third-order valence-corrected chi connectivity index (χ3v) is 4.20. The van der Waals surface area contributed by atoms with Crippen LogP contribution in [0.1, 0.15) is 10.4 Å². The molecule has 106 valence electrons. The van der Waals surface area contributed by atoms with E-state index >= 15 is 0 Å². The molecule has 7 heteroatoms. The van der Waals surface area contributed by atoms with Gasteiger partial charge in [0.2, 0.25) is 0 Å². The molecule has 1 atom stereocenters. The molecule has 1 aromatic heterocycles. The topological polar surface area (TPSA) is 88.7 Å². The van der Waals surface area contributed by atoms with E-state index in [1.165, 1.54) is 11.3 Å². The first-order valence-electron chi connectivity index (χ1n) is 6.34. The number of rotatable bonds is 2. The van der Waals surface area contributed by atoms with Gasteiger partial charge in [0.25, 0.3) is 5.91 Å². The number of ether oxygens (including phenoxy) is 1. The van der Waals surface area contributed by atoms with Crippen molar-refractivity contribution in [2.24, 2.45) is 0 Å². The number of thiazole rings is 1. The molecule has 1 fully saturated rings. The lowest BCUT2D eigenvalue weighted by Gasteiger charge is -2.34. The van der Waals surface area contributed by atoms with Crippen molar-refractivity contribution < 1.29 is 14.6 Å². The number of carbonyl (C=O) groups is 1. The summed E-state index contributed by atoms with van der Waals surface area (Å²) < 4.78 is 6.18. The summed E-state index contributed by atoms with van der Waals surface area (Å²) in [4.78, 5) is 18.4. The number of aliphatic hydroxyl groups is 1. The lowest BCUT2D eigenvalue weighted by molar-refractivity contribution is -0.0183. The fourth-order valence-electron chi connectivity index (χ4n) is 2.31. The Hall–Kier alpha value is -1.70. The number of amides is 1. The molecule has 2 heterocycles. The van der Waals surface area contributed by atoms with Crippen molar-refractivity contribution in [3.8, 4) is 0 Å². The van der Waals surface area contributed by atoms with Gasteiger partial charge in [-0.3, -0.25) is 4.79 Å². The van der Waals surface area contributed by atoms with Gasteiger partial charge in [0.05, 0.1) is 36.1 Å². The number of fused-ring (bicyclic) bond motifs is 1. The second-order valence-electron chi connectivity index (χ2n) is 4.64. The summed E-state index contributed by atoms with van der Waals surface area (Å²) in [5, 5.41) is 9.82. The molecule has 1 saturated heterocycles. The summed E-state index contributed by atoms with van der Waals surface area (Å²) in [5.41, 5.74) is 7.05. The van der Waals surface area contributed by atoms with Crippen LogP contribution < -0.4 is 5.73 Å². The van der Waals surface area contributed by atoms with Gasteiger partial charge >= 0.3 is 0 Å². The van der Waals surface area contributed by atoms with E-state index in [4.69, 9.17) is 10.5 Å². The highest BCUT2D eigenvalue weighted by atomic mass is 32.1. The molecule has 0 saturated carbocycles. The van der Waals surface area contributed by atoms with E-state index in [1.54, 1.807) is 23.1 Å². The first-order valence-corrected chi connectivity index (χ1v) is 7.16. The minimum atomic E-state index is -0.279.